The second kappa shape index (κ2) is 8.13. The van der Waals surface area contributed by atoms with Crippen molar-refractivity contribution in [2.45, 2.75) is 53.1 Å². The number of hydrogen-bond donors (Lipinski definition) is 1. The highest BCUT2D eigenvalue weighted by Gasteiger charge is 2.32. The lowest BCUT2D eigenvalue weighted by molar-refractivity contribution is -0.0338. The van der Waals surface area contributed by atoms with Gasteiger partial charge in [-0.15, -0.1) is 0 Å². The molecule has 1 aliphatic heterocycles. The molecule has 1 unspecified atom stereocenters. The van der Waals surface area contributed by atoms with Crippen LogP contribution in [-0.4, -0.2) is 39.0 Å². The first-order valence-corrected chi connectivity index (χ1v) is 7.44. The van der Waals surface area contributed by atoms with Crippen molar-refractivity contribution in [3.8, 4) is 0 Å². The number of nitrogens with one attached hydrogen (secondary N) is 1. The third kappa shape index (κ3) is 6.17. The van der Waals surface area contributed by atoms with Crippen LogP contribution < -0.4 is 5.32 Å². The maximum Gasteiger partial charge on any atom is 0.0535 e. The molecule has 0 aromatic heterocycles. The SMILES string of the molecule is CC(C)CNCC1(CCOC(C)C)CCCOC1. The normalized spacial score (nSPS) is 25.0. The van der Waals surface area contributed by atoms with Gasteiger partial charge in [0.25, 0.3) is 0 Å². The average Bonchev–Trinajstić information content (AvgIpc) is 2.29. The van der Waals surface area contributed by atoms with Crippen LogP contribution in [-0.2, 0) is 9.47 Å². The lowest BCUT2D eigenvalue weighted by Gasteiger charge is -2.37. The first kappa shape index (κ1) is 15.9. The number of hydrogen-bond acceptors (Lipinski definition) is 3. The summed E-state index contributed by atoms with van der Waals surface area (Å²) >= 11 is 0. The molecule has 108 valence electrons. The fraction of sp³-hybridized carbons (Fsp3) is 1.00. The first-order valence-electron chi connectivity index (χ1n) is 7.44. The minimum absolute atomic E-state index is 0.294. The topological polar surface area (TPSA) is 30.5 Å². The van der Waals surface area contributed by atoms with Crippen LogP contribution >= 0.6 is 0 Å². The van der Waals surface area contributed by atoms with Crippen LogP contribution in [0.3, 0.4) is 0 Å². The van der Waals surface area contributed by atoms with Crippen molar-refractivity contribution in [2.24, 2.45) is 11.3 Å². The summed E-state index contributed by atoms with van der Waals surface area (Å²) in [5, 5.41) is 3.60. The van der Waals surface area contributed by atoms with Gasteiger partial charge in [-0.3, -0.25) is 0 Å². The summed E-state index contributed by atoms with van der Waals surface area (Å²) in [7, 11) is 0. The lowest BCUT2D eigenvalue weighted by atomic mass is 9.79. The molecule has 0 saturated carbocycles. The Kier molecular flexibility index (Phi) is 7.20. The van der Waals surface area contributed by atoms with Gasteiger partial charge in [-0.25, -0.2) is 0 Å². The van der Waals surface area contributed by atoms with Crippen molar-refractivity contribution < 1.29 is 9.47 Å². The van der Waals surface area contributed by atoms with Gasteiger partial charge in [-0.2, -0.15) is 0 Å². The van der Waals surface area contributed by atoms with E-state index in [2.05, 4.69) is 33.0 Å². The van der Waals surface area contributed by atoms with E-state index in [1.165, 1.54) is 12.8 Å². The Morgan fingerprint density at radius 1 is 1.28 bits per heavy atom. The van der Waals surface area contributed by atoms with E-state index in [-0.39, 0.29) is 0 Å². The molecule has 1 fully saturated rings. The molecule has 3 nitrogen and oxygen atoms in total. The molecule has 0 aliphatic carbocycles. The summed E-state index contributed by atoms with van der Waals surface area (Å²) in [6, 6.07) is 0. The predicted octanol–water partition coefficient (Wildman–Crippen LogP) is 2.84. The van der Waals surface area contributed by atoms with E-state index < -0.39 is 0 Å². The van der Waals surface area contributed by atoms with Gasteiger partial charge in [0.1, 0.15) is 0 Å². The molecule has 1 N–H and O–H groups in total. The minimum Gasteiger partial charge on any atom is -0.381 e. The summed E-state index contributed by atoms with van der Waals surface area (Å²) in [6.07, 6.45) is 3.89. The highest BCUT2D eigenvalue weighted by atomic mass is 16.5. The first-order chi connectivity index (χ1) is 8.54. The third-order valence-corrected chi connectivity index (χ3v) is 3.54. The Labute approximate surface area is 113 Å². The van der Waals surface area contributed by atoms with Gasteiger partial charge in [0.05, 0.1) is 12.7 Å². The monoisotopic (exact) mass is 257 g/mol. The molecule has 1 rings (SSSR count). The van der Waals surface area contributed by atoms with E-state index in [0.717, 1.165) is 39.3 Å². The molecular formula is C15H31NO2. The van der Waals surface area contributed by atoms with Gasteiger partial charge < -0.3 is 14.8 Å². The fourth-order valence-electron chi connectivity index (χ4n) is 2.47. The van der Waals surface area contributed by atoms with E-state index >= 15 is 0 Å². The van der Waals surface area contributed by atoms with Crippen molar-refractivity contribution in [3.05, 3.63) is 0 Å². The molecule has 18 heavy (non-hydrogen) atoms. The second-order valence-corrected chi connectivity index (χ2v) is 6.35. The fourth-order valence-corrected chi connectivity index (χ4v) is 2.47. The average molecular weight is 257 g/mol. The molecule has 0 bridgehead atoms. The highest BCUT2D eigenvalue weighted by molar-refractivity contribution is 4.84. The maximum atomic E-state index is 5.71. The lowest BCUT2D eigenvalue weighted by Crippen LogP contribution is -2.43. The summed E-state index contributed by atoms with van der Waals surface area (Å²) in [5.41, 5.74) is 0.294. The van der Waals surface area contributed by atoms with Crippen LogP contribution in [0.1, 0.15) is 47.0 Å². The zero-order valence-corrected chi connectivity index (χ0v) is 12.6. The molecule has 0 radical (unpaired) electrons. The molecule has 1 heterocycles. The third-order valence-electron chi connectivity index (χ3n) is 3.54. The van der Waals surface area contributed by atoms with E-state index in [1.807, 2.05) is 0 Å². The van der Waals surface area contributed by atoms with Gasteiger partial charge in [0, 0.05) is 25.2 Å². The second-order valence-electron chi connectivity index (χ2n) is 6.35. The zero-order chi connectivity index (χ0) is 13.4. The smallest absolute Gasteiger partial charge is 0.0535 e. The zero-order valence-electron chi connectivity index (χ0n) is 12.6. The quantitative estimate of drug-likeness (QED) is 0.725. The summed E-state index contributed by atoms with van der Waals surface area (Å²) < 4.78 is 11.4. The Hall–Kier alpha value is -0.120. The Morgan fingerprint density at radius 3 is 2.61 bits per heavy atom. The highest BCUT2D eigenvalue weighted by Crippen LogP contribution is 2.31. The van der Waals surface area contributed by atoms with Crippen molar-refractivity contribution >= 4 is 0 Å². The molecular weight excluding hydrogens is 226 g/mol. The van der Waals surface area contributed by atoms with E-state index in [4.69, 9.17) is 9.47 Å². The minimum atomic E-state index is 0.294. The molecule has 0 amide bonds. The van der Waals surface area contributed by atoms with Crippen LogP contribution in [0.25, 0.3) is 0 Å². The van der Waals surface area contributed by atoms with Crippen LogP contribution in [0.2, 0.25) is 0 Å². The van der Waals surface area contributed by atoms with Gasteiger partial charge in [0.2, 0.25) is 0 Å². The Bertz CT molecular complexity index is 195. The van der Waals surface area contributed by atoms with Gasteiger partial charge >= 0.3 is 0 Å². The van der Waals surface area contributed by atoms with Crippen molar-refractivity contribution in [3.63, 3.8) is 0 Å². The van der Waals surface area contributed by atoms with Gasteiger partial charge in [-0.05, 0) is 45.6 Å². The predicted molar refractivity (Wildman–Crippen MR) is 75.9 cm³/mol. The summed E-state index contributed by atoms with van der Waals surface area (Å²) in [6.45, 7) is 13.5. The molecule has 0 spiro atoms. The maximum absolute atomic E-state index is 5.71. The summed E-state index contributed by atoms with van der Waals surface area (Å²) in [4.78, 5) is 0. The molecule has 0 aromatic carbocycles. The van der Waals surface area contributed by atoms with Crippen LogP contribution in [0.4, 0.5) is 0 Å². The molecule has 1 saturated heterocycles. The largest absolute Gasteiger partial charge is 0.381 e. The molecule has 1 atom stereocenters. The van der Waals surface area contributed by atoms with Crippen molar-refractivity contribution in [1.29, 1.82) is 0 Å². The molecule has 3 heteroatoms. The standard InChI is InChI=1S/C15H31NO2/c1-13(2)10-16-11-15(6-5-8-17-12-15)7-9-18-14(3)4/h13-14,16H,5-12H2,1-4H3. The van der Waals surface area contributed by atoms with Gasteiger partial charge in [-0.1, -0.05) is 13.8 Å². The van der Waals surface area contributed by atoms with Crippen LogP contribution in [0.5, 0.6) is 0 Å². The van der Waals surface area contributed by atoms with Crippen molar-refractivity contribution in [2.75, 3.05) is 32.9 Å². The van der Waals surface area contributed by atoms with E-state index in [0.29, 0.717) is 17.4 Å². The molecule has 1 aliphatic rings. The summed E-state index contributed by atoms with van der Waals surface area (Å²) in [5.74, 6) is 0.707. The number of ether oxygens (including phenoxy) is 2. The van der Waals surface area contributed by atoms with Crippen molar-refractivity contribution in [1.82, 2.24) is 5.32 Å². The Balaban J connectivity index is 2.36. The van der Waals surface area contributed by atoms with Crippen LogP contribution in [0.15, 0.2) is 0 Å². The van der Waals surface area contributed by atoms with E-state index in [9.17, 15) is 0 Å². The number of rotatable bonds is 8. The Morgan fingerprint density at radius 2 is 2.06 bits per heavy atom. The van der Waals surface area contributed by atoms with E-state index in [1.54, 1.807) is 0 Å². The van der Waals surface area contributed by atoms with Crippen LogP contribution in [0, 0.1) is 11.3 Å². The molecule has 0 aromatic rings. The van der Waals surface area contributed by atoms with Gasteiger partial charge in [0.15, 0.2) is 0 Å².